The number of fused-ring (bicyclic) bond motifs is 1. The highest BCUT2D eigenvalue weighted by Crippen LogP contribution is 2.25. The molecule has 0 fully saturated rings. The van der Waals surface area contributed by atoms with Crippen molar-refractivity contribution in [2.45, 2.75) is 33.3 Å². The predicted octanol–water partition coefficient (Wildman–Crippen LogP) is 2.81. The molecule has 0 saturated carbocycles. The highest BCUT2D eigenvalue weighted by molar-refractivity contribution is 6.37. The molecule has 1 aromatic carbocycles. The Labute approximate surface area is 143 Å². The summed E-state index contributed by atoms with van der Waals surface area (Å²) in [6, 6.07) is 5.85. The van der Waals surface area contributed by atoms with Crippen molar-refractivity contribution in [1.29, 1.82) is 0 Å². The summed E-state index contributed by atoms with van der Waals surface area (Å²) < 4.78 is 5.24. The molecule has 2 aromatic rings. The summed E-state index contributed by atoms with van der Waals surface area (Å²) in [5.74, 6) is -0.773. The number of aryl methyl sites for hydroxylation is 2. The maximum Gasteiger partial charge on any atom is 0.354 e. The lowest BCUT2D eigenvalue weighted by Crippen LogP contribution is -2.30. The molecule has 0 saturated heterocycles. The van der Waals surface area contributed by atoms with Gasteiger partial charge in [0.25, 0.3) is 0 Å². The van der Waals surface area contributed by atoms with E-state index in [1.165, 1.54) is 0 Å². The fourth-order valence-electron chi connectivity index (χ4n) is 2.45. The molecule has 7 heteroatoms. The average molecular weight is 346 g/mol. The number of hydrogen-bond acceptors (Lipinski definition) is 5. The first-order chi connectivity index (χ1) is 11.5. The van der Waals surface area contributed by atoms with E-state index in [-0.39, 0.29) is 31.1 Å². The molecule has 0 atom stereocenters. The van der Waals surface area contributed by atoms with Gasteiger partial charge in [0.05, 0.1) is 5.52 Å². The maximum absolute atomic E-state index is 12.0. The number of carbonyl (C=O) groups excluding carboxylic acids is 2. The number of benzene rings is 1. The number of aromatic nitrogens is 1. The van der Waals surface area contributed by atoms with E-state index >= 15 is 0 Å². The van der Waals surface area contributed by atoms with Crippen LogP contribution in [0.15, 0.2) is 23.3 Å². The number of halogens is 1. The predicted molar refractivity (Wildman–Crippen MR) is 90.8 cm³/mol. The Morgan fingerprint density at radius 1 is 1.33 bits per heavy atom. The van der Waals surface area contributed by atoms with E-state index in [2.05, 4.69) is 15.5 Å². The Morgan fingerprint density at radius 2 is 2.12 bits per heavy atom. The van der Waals surface area contributed by atoms with Gasteiger partial charge in [-0.25, -0.2) is 15.2 Å². The monoisotopic (exact) mass is 345 g/mol. The van der Waals surface area contributed by atoms with Gasteiger partial charge in [-0.1, -0.05) is 23.7 Å². The maximum atomic E-state index is 12.0. The fourth-order valence-corrected chi connectivity index (χ4v) is 2.65. The zero-order valence-corrected chi connectivity index (χ0v) is 14.1. The van der Waals surface area contributed by atoms with Gasteiger partial charge in [-0.2, -0.15) is 5.10 Å². The largest absolute Gasteiger partial charge is 0.456 e. The zero-order valence-electron chi connectivity index (χ0n) is 13.4. The number of hydrogen-bond donors (Lipinski definition) is 1. The molecule has 0 radical (unpaired) electrons. The van der Waals surface area contributed by atoms with Crippen LogP contribution in [0, 0.1) is 13.8 Å². The Kier molecular flexibility index (Phi) is 4.49. The molecule has 2 heterocycles. The molecule has 6 nitrogen and oxygen atoms in total. The summed E-state index contributed by atoms with van der Waals surface area (Å²) >= 11 is 6.23. The molecule has 1 aliphatic rings. The molecule has 3 rings (SSSR count). The molecule has 1 N–H and O–H groups in total. The first-order valence-electron chi connectivity index (χ1n) is 7.53. The summed E-state index contributed by atoms with van der Waals surface area (Å²) in [6.07, 6.45) is 0.498. The van der Waals surface area contributed by atoms with Gasteiger partial charge in [0, 0.05) is 23.8 Å². The standard InChI is InChI=1S/C17H16ClN3O3/c1-9-3-4-11-7-12(16(18)19-15(11)10(9)2)8-24-17(23)13-5-6-14(22)21-20-13/h3-4,7H,5-6,8H2,1-2H3,(H,21,22). The fraction of sp³-hybridized carbons (Fsp3) is 0.294. The summed E-state index contributed by atoms with van der Waals surface area (Å²) in [4.78, 5) is 27.4. The molecule has 24 heavy (non-hydrogen) atoms. The quantitative estimate of drug-likeness (QED) is 0.685. The van der Waals surface area contributed by atoms with Crippen LogP contribution >= 0.6 is 11.6 Å². The van der Waals surface area contributed by atoms with E-state index in [4.69, 9.17) is 16.3 Å². The van der Waals surface area contributed by atoms with Crippen LogP contribution in [0.1, 0.15) is 29.5 Å². The second-order valence-electron chi connectivity index (χ2n) is 5.69. The van der Waals surface area contributed by atoms with Crippen LogP contribution in [-0.2, 0) is 20.9 Å². The van der Waals surface area contributed by atoms with Crippen molar-refractivity contribution >= 4 is 40.1 Å². The van der Waals surface area contributed by atoms with Crippen LogP contribution in [0.3, 0.4) is 0 Å². The SMILES string of the molecule is Cc1ccc2cc(COC(=O)C3=NNC(=O)CC3)c(Cl)nc2c1C. The number of nitrogens with one attached hydrogen (secondary N) is 1. The number of ether oxygens (including phenoxy) is 1. The topological polar surface area (TPSA) is 80.6 Å². The first kappa shape index (κ1) is 16.4. The number of nitrogens with zero attached hydrogens (tertiary/aromatic N) is 2. The Balaban J connectivity index is 1.78. The highest BCUT2D eigenvalue weighted by Gasteiger charge is 2.20. The number of rotatable bonds is 3. The van der Waals surface area contributed by atoms with Crippen molar-refractivity contribution in [1.82, 2.24) is 10.4 Å². The molecule has 0 spiro atoms. The Hall–Kier alpha value is -2.47. The molecular formula is C17H16ClN3O3. The average Bonchev–Trinajstić information content (AvgIpc) is 2.57. The van der Waals surface area contributed by atoms with Crippen LogP contribution in [0.5, 0.6) is 0 Å². The van der Waals surface area contributed by atoms with E-state index in [0.717, 1.165) is 22.0 Å². The van der Waals surface area contributed by atoms with Gasteiger partial charge in [0.2, 0.25) is 5.91 Å². The van der Waals surface area contributed by atoms with Crippen LogP contribution in [0.2, 0.25) is 5.15 Å². The second kappa shape index (κ2) is 6.57. The summed E-state index contributed by atoms with van der Waals surface area (Å²) in [6.45, 7) is 4.01. The Morgan fingerprint density at radius 3 is 2.83 bits per heavy atom. The van der Waals surface area contributed by atoms with Crippen molar-refractivity contribution < 1.29 is 14.3 Å². The molecular weight excluding hydrogens is 330 g/mol. The molecule has 0 unspecified atom stereocenters. The van der Waals surface area contributed by atoms with Crippen molar-refractivity contribution in [2.24, 2.45) is 5.10 Å². The van der Waals surface area contributed by atoms with Gasteiger partial charge < -0.3 is 4.74 Å². The third-order valence-electron chi connectivity index (χ3n) is 4.04. The van der Waals surface area contributed by atoms with Crippen LogP contribution in [0.4, 0.5) is 0 Å². The van der Waals surface area contributed by atoms with Gasteiger partial charge in [0.15, 0.2) is 0 Å². The Bertz CT molecular complexity index is 877. The normalized spacial score (nSPS) is 14.3. The van der Waals surface area contributed by atoms with Crippen molar-refractivity contribution in [3.63, 3.8) is 0 Å². The van der Waals surface area contributed by atoms with Crippen LogP contribution in [-0.4, -0.2) is 22.6 Å². The molecule has 0 aliphatic carbocycles. The summed E-state index contributed by atoms with van der Waals surface area (Å²) in [5.41, 5.74) is 6.15. The molecule has 0 bridgehead atoms. The number of pyridine rings is 1. The van der Waals surface area contributed by atoms with E-state index in [9.17, 15) is 9.59 Å². The minimum absolute atomic E-state index is 0.000493. The molecule has 1 aliphatic heterocycles. The highest BCUT2D eigenvalue weighted by atomic mass is 35.5. The van der Waals surface area contributed by atoms with Crippen molar-refractivity contribution in [2.75, 3.05) is 0 Å². The van der Waals surface area contributed by atoms with Gasteiger partial charge in [-0.3, -0.25) is 4.79 Å². The molecule has 124 valence electrons. The molecule has 1 aromatic heterocycles. The van der Waals surface area contributed by atoms with Gasteiger partial charge in [-0.15, -0.1) is 0 Å². The minimum Gasteiger partial charge on any atom is -0.456 e. The molecule has 1 amide bonds. The lowest BCUT2D eigenvalue weighted by atomic mass is 10.0. The lowest BCUT2D eigenvalue weighted by molar-refractivity contribution is -0.137. The number of amides is 1. The van der Waals surface area contributed by atoms with Gasteiger partial charge >= 0.3 is 5.97 Å². The van der Waals surface area contributed by atoms with Crippen molar-refractivity contribution in [3.8, 4) is 0 Å². The third kappa shape index (κ3) is 3.23. The second-order valence-corrected chi connectivity index (χ2v) is 6.05. The van der Waals surface area contributed by atoms with E-state index < -0.39 is 5.97 Å². The van der Waals surface area contributed by atoms with Crippen LogP contribution < -0.4 is 5.43 Å². The summed E-state index contributed by atoms with van der Waals surface area (Å²) in [5, 5.41) is 4.96. The zero-order chi connectivity index (χ0) is 17.3. The van der Waals surface area contributed by atoms with Crippen molar-refractivity contribution in [3.05, 3.63) is 40.0 Å². The summed E-state index contributed by atoms with van der Waals surface area (Å²) in [7, 11) is 0. The van der Waals surface area contributed by atoms with E-state index in [1.54, 1.807) is 0 Å². The number of hydrazone groups is 1. The smallest absolute Gasteiger partial charge is 0.354 e. The minimum atomic E-state index is -0.564. The third-order valence-corrected chi connectivity index (χ3v) is 4.36. The number of esters is 1. The number of carbonyl (C=O) groups is 2. The van der Waals surface area contributed by atoms with Gasteiger partial charge in [0.1, 0.15) is 17.5 Å². The first-order valence-corrected chi connectivity index (χ1v) is 7.91. The van der Waals surface area contributed by atoms with Gasteiger partial charge in [-0.05, 0) is 31.0 Å². The van der Waals surface area contributed by atoms with E-state index in [1.807, 2.05) is 32.0 Å². The van der Waals surface area contributed by atoms with Crippen LogP contribution in [0.25, 0.3) is 10.9 Å². The van der Waals surface area contributed by atoms with E-state index in [0.29, 0.717) is 10.7 Å². The lowest BCUT2D eigenvalue weighted by Gasteiger charge is -2.12.